The number of methoxy groups -OCH3 is 1. The van der Waals surface area contributed by atoms with Crippen molar-refractivity contribution in [1.29, 1.82) is 0 Å². The molecule has 2 amide bonds. The monoisotopic (exact) mass is 452 g/mol. The fourth-order valence-electron chi connectivity index (χ4n) is 5.58. The summed E-state index contributed by atoms with van der Waals surface area (Å²) < 4.78 is 11.6. The average Bonchev–Trinajstić information content (AvgIpc) is 3.55. The maximum Gasteiger partial charge on any atom is 0.254 e. The summed E-state index contributed by atoms with van der Waals surface area (Å²) in [6.07, 6.45) is 6.59. The minimum absolute atomic E-state index is 0.171. The van der Waals surface area contributed by atoms with Gasteiger partial charge in [0.25, 0.3) is 11.8 Å². The Kier molecular flexibility index (Phi) is 4.94. The van der Waals surface area contributed by atoms with Gasteiger partial charge in [-0.3, -0.25) is 9.59 Å². The molecule has 2 fully saturated rings. The number of amides is 2. The summed E-state index contributed by atoms with van der Waals surface area (Å²) >= 11 is 0. The van der Waals surface area contributed by atoms with E-state index in [9.17, 15) is 9.59 Å². The highest BCUT2D eigenvalue weighted by Crippen LogP contribution is 2.52. The van der Waals surface area contributed by atoms with Crippen molar-refractivity contribution in [2.45, 2.75) is 13.0 Å². The van der Waals surface area contributed by atoms with Crippen molar-refractivity contribution in [2.75, 3.05) is 7.11 Å². The smallest absolute Gasteiger partial charge is 0.254 e. The highest BCUT2D eigenvalue weighted by Gasteiger charge is 2.59. The van der Waals surface area contributed by atoms with Gasteiger partial charge in [-0.25, -0.2) is 0 Å². The Morgan fingerprint density at radius 1 is 0.941 bits per heavy atom. The van der Waals surface area contributed by atoms with Gasteiger partial charge >= 0.3 is 0 Å². The Morgan fingerprint density at radius 2 is 1.68 bits per heavy atom. The Labute approximate surface area is 197 Å². The van der Waals surface area contributed by atoms with Crippen molar-refractivity contribution in [3.8, 4) is 11.5 Å². The molecule has 170 valence electrons. The first-order valence-corrected chi connectivity index (χ1v) is 11.5. The molecule has 2 bridgehead atoms. The van der Waals surface area contributed by atoms with Crippen molar-refractivity contribution in [3.05, 3.63) is 83.9 Å². The van der Waals surface area contributed by atoms with E-state index in [1.165, 1.54) is 11.6 Å². The van der Waals surface area contributed by atoms with Crippen LogP contribution in [0.2, 0.25) is 0 Å². The molecule has 6 rings (SSSR count). The zero-order chi connectivity index (χ0) is 23.2. The lowest BCUT2D eigenvalue weighted by Gasteiger charge is -2.13. The molecular formula is C28H24N2O4. The van der Waals surface area contributed by atoms with E-state index < -0.39 is 0 Å². The summed E-state index contributed by atoms with van der Waals surface area (Å²) in [6, 6.07) is 19.8. The van der Waals surface area contributed by atoms with Crippen LogP contribution < -0.4 is 9.47 Å². The Bertz CT molecular complexity index is 1330. The summed E-state index contributed by atoms with van der Waals surface area (Å²) in [5.74, 6) is 0.628. The van der Waals surface area contributed by atoms with Crippen LogP contribution in [0.1, 0.15) is 17.5 Å². The van der Waals surface area contributed by atoms with Crippen LogP contribution in [0.5, 0.6) is 11.5 Å². The molecule has 1 aliphatic heterocycles. The number of fused-ring (bicyclic) bond motifs is 6. The standard InChI is InChI=1S/C28H24N2O4/c1-33-24-13-17(15-29-30-27(31)25-19-10-11-20(14-19)26(25)28(30)32)9-12-23(24)34-16-21-7-4-6-18-5-2-3-8-22(18)21/h2-13,15,19-20,25-26H,14,16H2,1H3/b29-15-/t19-,20-,25-,26-/m0/s1. The summed E-state index contributed by atoms with van der Waals surface area (Å²) in [6.45, 7) is 0.404. The van der Waals surface area contributed by atoms with E-state index in [0.717, 1.165) is 22.4 Å². The summed E-state index contributed by atoms with van der Waals surface area (Å²) in [5.41, 5.74) is 1.80. The maximum atomic E-state index is 12.8. The molecule has 6 heteroatoms. The first-order valence-electron chi connectivity index (χ1n) is 11.5. The van der Waals surface area contributed by atoms with Crippen LogP contribution >= 0.6 is 0 Å². The van der Waals surface area contributed by atoms with Crippen LogP contribution in [0, 0.1) is 23.7 Å². The Balaban J connectivity index is 1.18. The topological polar surface area (TPSA) is 68.2 Å². The van der Waals surface area contributed by atoms with Crippen LogP contribution in [0.4, 0.5) is 0 Å². The van der Waals surface area contributed by atoms with Gasteiger partial charge in [0.1, 0.15) is 6.61 Å². The number of carbonyl (C=O) groups is 2. The van der Waals surface area contributed by atoms with E-state index in [1.54, 1.807) is 13.2 Å². The second kappa shape index (κ2) is 8.13. The van der Waals surface area contributed by atoms with Crippen LogP contribution in [0.25, 0.3) is 10.8 Å². The van der Waals surface area contributed by atoms with Crippen LogP contribution in [-0.4, -0.2) is 30.1 Å². The minimum Gasteiger partial charge on any atom is -0.493 e. The highest BCUT2D eigenvalue weighted by molar-refractivity contribution is 6.06. The molecule has 0 unspecified atom stereocenters. The number of hydrogen-bond donors (Lipinski definition) is 0. The molecule has 1 saturated carbocycles. The molecule has 0 spiro atoms. The molecule has 1 heterocycles. The van der Waals surface area contributed by atoms with E-state index in [4.69, 9.17) is 9.47 Å². The van der Waals surface area contributed by atoms with Gasteiger partial charge in [0.2, 0.25) is 0 Å². The first-order chi connectivity index (χ1) is 16.6. The number of rotatable bonds is 6. The molecule has 0 radical (unpaired) electrons. The predicted octanol–water partition coefficient (Wildman–Crippen LogP) is 4.57. The van der Waals surface area contributed by atoms with Crippen LogP contribution in [-0.2, 0) is 16.2 Å². The van der Waals surface area contributed by atoms with Gasteiger partial charge in [-0.2, -0.15) is 10.1 Å². The Hall–Kier alpha value is -3.93. The minimum atomic E-state index is -0.251. The van der Waals surface area contributed by atoms with Crippen molar-refractivity contribution in [1.82, 2.24) is 5.01 Å². The molecule has 4 atom stereocenters. The highest BCUT2D eigenvalue weighted by atomic mass is 16.5. The number of hydrazone groups is 1. The molecule has 0 N–H and O–H groups in total. The van der Waals surface area contributed by atoms with Crippen molar-refractivity contribution < 1.29 is 19.1 Å². The van der Waals surface area contributed by atoms with Gasteiger partial charge in [0, 0.05) is 0 Å². The normalized spacial score (nSPS) is 25.0. The van der Waals surface area contributed by atoms with E-state index >= 15 is 0 Å². The fourth-order valence-corrected chi connectivity index (χ4v) is 5.58. The van der Waals surface area contributed by atoms with Crippen molar-refractivity contribution in [2.24, 2.45) is 28.8 Å². The summed E-state index contributed by atoms with van der Waals surface area (Å²) in [4.78, 5) is 25.6. The number of nitrogens with zero attached hydrogens (tertiary/aromatic N) is 2. The molecule has 1 saturated heterocycles. The third-order valence-electron chi connectivity index (χ3n) is 7.22. The van der Waals surface area contributed by atoms with Crippen LogP contribution in [0.15, 0.2) is 77.9 Å². The zero-order valence-corrected chi connectivity index (χ0v) is 18.8. The van der Waals surface area contributed by atoms with Crippen molar-refractivity contribution >= 4 is 28.8 Å². The van der Waals surface area contributed by atoms with E-state index in [1.807, 2.05) is 30.3 Å². The second-order valence-corrected chi connectivity index (χ2v) is 9.07. The lowest BCUT2D eigenvalue weighted by Crippen LogP contribution is -2.28. The van der Waals surface area contributed by atoms with Gasteiger partial charge in [-0.05, 0) is 58.4 Å². The molecule has 0 aromatic heterocycles. The van der Waals surface area contributed by atoms with E-state index in [-0.39, 0.29) is 35.5 Å². The van der Waals surface area contributed by atoms with E-state index in [2.05, 4.69) is 41.5 Å². The van der Waals surface area contributed by atoms with Gasteiger partial charge in [0.05, 0.1) is 25.2 Å². The number of carbonyl (C=O) groups excluding carboxylic acids is 2. The molecule has 3 aromatic rings. The molecule has 6 nitrogen and oxygen atoms in total. The lowest BCUT2D eigenvalue weighted by atomic mass is 9.85. The fraction of sp³-hybridized carbons (Fsp3) is 0.250. The van der Waals surface area contributed by atoms with Crippen molar-refractivity contribution in [3.63, 3.8) is 0 Å². The Morgan fingerprint density at radius 3 is 2.44 bits per heavy atom. The number of allylic oxidation sites excluding steroid dienone is 2. The summed E-state index contributed by atoms with van der Waals surface area (Å²) in [5, 5.41) is 7.63. The van der Waals surface area contributed by atoms with Crippen LogP contribution in [0.3, 0.4) is 0 Å². The number of imide groups is 1. The molecule has 3 aromatic carbocycles. The molecular weight excluding hydrogens is 428 g/mol. The van der Waals surface area contributed by atoms with Gasteiger partial charge in [0.15, 0.2) is 11.5 Å². The number of hydrogen-bond acceptors (Lipinski definition) is 5. The largest absolute Gasteiger partial charge is 0.493 e. The lowest BCUT2D eigenvalue weighted by molar-refractivity contribution is -0.140. The zero-order valence-electron chi connectivity index (χ0n) is 18.8. The predicted molar refractivity (Wildman–Crippen MR) is 128 cm³/mol. The first kappa shape index (κ1) is 20.7. The van der Waals surface area contributed by atoms with Gasteiger partial charge in [-0.1, -0.05) is 54.6 Å². The average molecular weight is 453 g/mol. The third kappa shape index (κ3) is 3.29. The second-order valence-electron chi connectivity index (χ2n) is 9.07. The third-order valence-corrected chi connectivity index (χ3v) is 7.22. The summed E-state index contributed by atoms with van der Waals surface area (Å²) in [7, 11) is 1.58. The number of ether oxygens (including phenoxy) is 2. The SMILES string of the molecule is COc1cc(/C=N\N2C(=O)[C@@H]3[C@@H](C2=O)[C@H]2C=C[C@H]3C2)ccc1OCc1cccc2ccccc12. The van der Waals surface area contributed by atoms with Gasteiger partial charge in [-0.15, -0.1) is 0 Å². The number of benzene rings is 3. The molecule has 3 aliphatic rings. The maximum absolute atomic E-state index is 12.8. The quantitative estimate of drug-likeness (QED) is 0.312. The molecule has 2 aliphatic carbocycles. The van der Waals surface area contributed by atoms with E-state index in [0.29, 0.717) is 23.7 Å². The molecule has 34 heavy (non-hydrogen) atoms. The van der Waals surface area contributed by atoms with Gasteiger partial charge < -0.3 is 9.47 Å².